The SMILES string of the molecule is COc1ccc(N2C[C@@H](C)Cn3c2nc2c3c(=O)n(Cc3ccc(F)cc3)c(=O)n2C)c(OC)c1. The fourth-order valence-corrected chi connectivity index (χ4v) is 4.63. The van der Waals surface area contributed by atoms with Crippen molar-refractivity contribution in [1.29, 1.82) is 0 Å². The highest BCUT2D eigenvalue weighted by atomic mass is 19.1. The fourth-order valence-electron chi connectivity index (χ4n) is 4.63. The van der Waals surface area contributed by atoms with Gasteiger partial charge in [0.2, 0.25) is 5.95 Å². The minimum atomic E-state index is -0.483. The zero-order valence-corrected chi connectivity index (χ0v) is 20.0. The number of halogens is 1. The lowest BCUT2D eigenvalue weighted by molar-refractivity contribution is 0.392. The zero-order valence-electron chi connectivity index (χ0n) is 20.0. The third-order valence-corrected chi connectivity index (χ3v) is 6.37. The number of aryl methyl sites for hydroxylation is 1. The summed E-state index contributed by atoms with van der Waals surface area (Å²) in [7, 11) is 4.78. The summed E-state index contributed by atoms with van der Waals surface area (Å²) in [5.41, 5.74) is 1.20. The summed E-state index contributed by atoms with van der Waals surface area (Å²) in [6.07, 6.45) is 0. The Morgan fingerprint density at radius 1 is 1.06 bits per heavy atom. The van der Waals surface area contributed by atoms with Crippen molar-refractivity contribution >= 4 is 22.8 Å². The van der Waals surface area contributed by atoms with E-state index in [9.17, 15) is 14.0 Å². The third-order valence-electron chi connectivity index (χ3n) is 6.37. The van der Waals surface area contributed by atoms with Crippen LogP contribution in [0.4, 0.5) is 16.0 Å². The Hall–Kier alpha value is -4.08. The number of methoxy groups -OCH3 is 2. The smallest absolute Gasteiger partial charge is 0.332 e. The number of imidazole rings is 1. The van der Waals surface area contributed by atoms with Crippen LogP contribution >= 0.6 is 0 Å². The van der Waals surface area contributed by atoms with Crippen LogP contribution in [0, 0.1) is 11.7 Å². The van der Waals surface area contributed by atoms with Crippen molar-refractivity contribution in [2.24, 2.45) is 13.0 Å². The molecule has 35 heavy (non-hydrogen) atoms. The molecule has 2 aromatic heterocycles. The number of fused-ring (bicyclic) bond motifs is 3. The maximum Gasteiger partial charge on any atom is 0.332 e. The second kappa shape index (κ2) is 8.61. The van der Waals surface area contributed by atoms with Crippen molar-refractivity contribution in [1.82, 2.24) is 18.7 Å². The molecule has 0 amide bonds. The van der Waals surface area contributed by atoms with E-state index in [2.05, 4.69) is 6.92 Å². The quantitative estimate of drug-likeness (QED) is 0.438. The van der Waals surface area contributed by atoms with Gasteiger partial charge in [0.05, 0.1) is 26.5 Å². The molecule has 3 heterocycles. The Morgan fingerprint density at radius 2 is 1.80 bits per heavy atom. The first-order valence-corrected chi connectivity index (χ1v) is 11.3. The van der Waals surface area contributed by atoms with Crippen LogP contribution < -0.4 is 25.6 Å². The van der Waals surface area contributed by atoms with Crippen molar-refractivity contribution in [3.05, 3.63) is 74.7 Å². The summed E-state index contributed by atoms with van der Waals surface area (Å²) in [5.74, 6) is 1.65. The van der Waals surface area contributed by atoms with Gasteiger partial charge in [-0.05, 0) is 35.7 Å². The Morgan fingerprint density at radius 3 is 2.49 bits per heavy atom. The normalized spacial score (nSPS) is 15.3. The molecule has 1 aliphatic heterocycles. The highest BCUT2D eigenvalue weighted by Crippen LogP contribution is 2.39. The van der Waals surface area contributed by atoms with Crippen molar-refractivity contribution < 1.29 is 13.9 Å². The van der Waals surface area contributed by atoms with Crippen LogP contribution in [-0.2, 0) is 20.1 Å². The van der Waals surface area contributed by atoms with E-state index in [0.717, 1.165) is 5.69 Å². The summed E-state index contributed by atoms with van der Waals surface area (Å²) in [6.45, 7) is 3.36. The number of hydrogen-bond donors (Lipinski definition) is 0. The maximum absolute atomic E-state index is 13.6. The van der Waals surface area contributed by atoms with E-state index in [1.54, 1.807) is 39.5 Å². The molecule has 0 aliphatic carbocycles. The lowest BCUT2D eigenvalue weighted by atomic mass is 10.1. The van der Waals surface area contributed by atoms with Crippen LogP contribution in [0.15, 0.2) is 52.1 Å². The van der Waals surface area contributed by atoms with Gasteiger partial charge in [-0.2, -0.15) is 4.98 Å². The molecule has 0 saturated heterocycles. The number of benzene rings is 2. The molecule has 0 radical (unpaired) electrons. The van der Waals surface area contributed by atoms with Gasteiger partial charge in [-0.1, -0.05) is 19.1 Å². The van der Waals surface area contributed by atoms with Crippen molar-refractivity contribution in [2.75, 3.05) is 25.7 Å². The number of nitrogens with zero attached hydrogens (tertiary/aromatic N) is 5. The first-order valence-electron chi connectivity index (χ1n) is 11.3. The second-order valence-corrected chi connectivity index (χ2v) is 8.81. The minimum Gasteiger partial charge on any atom is -0.497 e. The van der Waals surface area contributed by atoms with Gasteiger partial charge in [0.25, 0.3) is 5.56 Å². The van der Waals surface area contributed by atoms with E-state index in [1.807, 2.05) is 21.6 Å². The van der Waals surface area contributed by atoms with Crippen LogP contribution in [0.25, 0.3) is 11.2 Å². The molecule has 10 heteroatoms. The van der Waals surface area contributed by atoms with E-state index in [0.29, 0.717) is 47.3 Å². The molecule has 0 spiro atoms. The van der Waals surface area contributed by atoms with E-state index in [1.165, 1.54) is 21.3 Å². The largest absolute Gasteiger partial charge is 0.497 e. The van der Waals surface area contributed by atoms with E-state index in [4.69, 9.17) is 14.5 Å². The summed E-state index contributed by atoms with van der Waals surface area (Å²) in [6, 6.07) is 11.3. The lowest BCUT2D eigenvalue weighted by Gasteiger charge is -2.33. The van der Waals surface area contributed by atoms with E-state index < -0.39 is 11.2 Å². The summed E-state index contributed by atoms with van der Waals surface area (Å²) < 4.78 is 28.7. The molecular formula is C25H26FN5O4. The van der Waals surface area contributed by atoms with E-state index in [-0.39, 0.29) is 18.3 Å². The predicted molar refractivity (Wildman–Crippen MR) is 130 cm³/mol. The number of aromatic nitrogens is 4. The monoisotopic (exact) mass is 479 g/mol. The first-order chi connectivity index (χ1) is 16.8. The van der Waals surface area contributed by atoms with Crippen LogP contribution in [0.3, 0.4) is 0 Å². The number of anilines is 2. The first kappa shape index (κ1) is 22.7. The number of hydrogen-bond acceptors (Lipinski definition) is 6. The van der Waals surface area contributed by atoms with E-state index >= 15 is 0 Å². The van der Waals surface area contributed by atoms with Gasteiger partial charge in [0.1, 0.15) is 17.3 Å². The molecule has 0 N–H and O–H groups in total. The predicted octanol–water partition coefficient (Wildman–Crippen LogP) is 2.89. The van der Waals surface area contributed by atoms with Gasteiger partial charge in [-0.25, -0.2) is 9.18 Å². The van der Waals surface area contributed by atoms with Crippen LogP contribution in [0.1, 0.15) is 12.5 Å². The molecular weight excluding hydrogens is 453 g/mol. The molecule has 9 nitrogen and oxygen atoms in total. The molecule has 0 saturated carbocycles. The molecule has 1 aliphatic rings. The van der Waals surface area contributed by atoms with Crippen LogP contribution in [-0.4, -0.2) is 39.4 Å². The summed E-state index contributed by atoms with van der Waals surface area (Å²) in [5, 5.41) is 0. The van der Waals surface area contributed by atoms with Gasteiger partial charge >= 0.3 is 5.69 Å². The fraction of sp³-hybridized carbons (Fsp3) is 0.320. The Balaban J connectivity index is 1.70. The molecule has 1 atom stereocenters. The standard InChI is InChI=1S/C25H26FN5O4/c1-15-12-29(19-10-9-18(34-3)11-20(19)35-4)24-27-22-21(30(24)13-15)23(32)31(25(33)28(22)2)14-16-5-7-17(26)8-6-16/h5-11,15H,12-14H2,1-4H3/t15-/m1/s1. The van der Waals surface area contributed by atoms with Gasteiger partial charge in [0, 0.05) is 26.2 Å². The molecule has 4 aromatic rings. The van der Waals surface area contributed by atoms with Gasteiger partial charge in [-0.15, -0.1) is 0 Å². The minimum absolute atomic E-state index is 0.0355. The zero-order chi connectivity index (χ0) is 24.9. The highest BCUT2D eigenvalue weighted by molar-refractivity contribution is 5.78. The third kappa shape index (κ3) is 3.74. The average molecular weight is 480 g/mol. The topological polar surface area (TPSA) is 83.5 Å². The number of rotatable bonds is 5. The summed E-state index contributed by atoms with van der Waals surface area (Å²) >= 11 is 0. The molecule has 182 valence electrons. The van der Waals surface area contributed by atoms with Crippen molar-refractivity contribution in [2.45, 2.75) is 20.0 Å². The molecule has 0 unspecified atom stereocenters. The van der Waals surface area contributed by atoms with Gasteiger partial charge in [-0.3, -0.25) is 13.9 Å². The van der Waals surface area contributed by atoms with Gasteiger partial charge in [0.15, 0.2) is 11.2 Å². The molecule has 0 bridgehead atoms. The van der Waals surface area contributed by atoms with Crippen LogP contribution in [0.2, 0.25) is 0 Å². The Labute approximate surface area is 200 Å². The van der Waals surface area contributed by atoms with Crippen molar-refractivity contribution in [3.63, 3.8) is 0 Å². The lowest BCUT2D eigenvalue weighted by Crippen LogP contribution is -2.40. The van der Waals surface area contributed by atoms with Crippen molar-refractivity contribution in [3.8, 4) is 11.5 Å². The maximum atomic E-state index is 13.6. The molecule has 0 fully saturated rings. The van der Waals surface area contributed by atoms with Crippen LogP contribution in [0.5, 0.6) is 11.5 Å². The van der Waals surface area contributed by atoms with Gasteiger partial charge < -0.3 is 18.9 Å². The highest BCUT2D eigenvalue weighted by Gasteiger charge is 2.31. The Bertz CT molecular complexity index is 1540. The Kier molecular flexibility index (Phi) is 5.58. The second-order valence-electron chi connectivity index (χ2n) is 8.81. The molecule has 5 rings (SSSR count). The summed E-state index contributed by atoms with van der Waals surface area (Å²) in [4.78, 5) is 33.5. The average Bonchev–Trinajstić information content (AvgIpc) is 3.25. The molecule has 2 aromatic carbocycles. The number of ether oxygens (including phenoxy) is 2.